The summed E-state index contributed by atoms with van der Waals surface area (Å²) >= 11 is 1.53. The first-order valence-corrected chi connectivity index (χ1v) is 9.64. The predicted molar refractivity (Wildman–Crippen MR) is 102 cm³/mol. The number of benzene rings is 2. The standard InChI is InChI=1S/C20H23NO3S/c1-2-3-11-21(16-7-5-4-6-8-16)20(22)15-25-17-9-10-18-19(14-17)24-13-12-23-18/h4-10,14H,2-3,11-13,15H2,1H3. The number of rotatable bonds is 7. The van der Waals surface area contributed by atoms with Gasteiger partial charge in [0.25, 0.3) is 0 Å². The van der Waals surface area contributed by atoms with E-state index in [-0.39, 0.29) is 5.91 Å². The van der Waals surface area contributed by atoms with Crippen LogP contribution in [0.4, 0.5) is 5.69 Å². The molecule has 0 aliphatic carbocycles. The van der Waals surface area contributed by atoms with Crippen LogP contribution in [0.3, 0.4) is 0 Å². The maximum absolute atomic E-state index is 12.8. The highest BCUT2D eigenvalue weighted by Crippen LogP contribution is 2.34. The normalized spacial score (nSPS) is 12.7. The molecule has 0 radical (unpaired) electrons. The molecule has 25 heavy (non-hydrogen) atoms. The molecule has 0 N–H and O–H groups in total. The number of unbranched alkanes of at least 4 members (excludes halogenated alkanes) is 1. The maximum atomic E-state index is 12.8. The van der Waals surface area contributed by atoms with Crippen LogP contribution in [-0.4, -0.2) is 31.4 Å². The average Bonchev–Trinajstić information content (AvgIpc) is 2.67. The van der Waals surface area contributed by atoms with Gasteiger partial charge in [0.15, 0.2) is 11.5 Å². The van der Waals surface area contributed by atoms with Crippen LogP contribution in [0.25, 0.3) is 0 Å². The van der Waals surface area contributed by atoms with Gasteiger partial charge in [-0.15, -0.1) is 11.8 Å². The Morgan fingerprint density at radius 3 is 2.60 bits per heavy atom. The third-order valence-corrected chi connectivity index (χ3v) is 4.96. The van der Waals surface area contributed by atoms with Crippen molar-refractivity contribution in [1.82, 2.24) is 0 Å². The number of hydrogen-bond acceptors (Lipinski definition) is 4. The Labute approximate surface area is 153 Å². The summed E-state index contributed by atoms with van der Waals surface area (Å²) in [6.45, 7) is 4.04. The second kappa shape index (κ2) is 8.81. The van der Waals surface area contributed by atoms with Crippen molar-refractivity contribution in [3.63, 3.8) is 0 Å². The number of fused-ring (bicyclic) bond motifs is 1. The topological polar surface area (TPSA) is 38.8 Å². The molecule has 1 heterocycles. The minimum atomic E-state index is 0.125. The van der Waals surface area contributed by atoms with Gasteiger partial charge in [-0.25, -0.2) is 0 Å². The van der Waals surface area contributed by atoms with Gasteiger partial charge in [-0.2, -0.15) is 0 Å². The van der Waals surface area contributed by atoms with Gasteiger partial charge in [0.05, 0.1) is 5.75 Å². The number of thioether (sulfide) groups is 1. The van der Waals surface area contributed by atoms with Crippen LogP contribution in [-0.2, 0) is 4.79 Å². The van der Waals surface area contributed by atoms with Crippen molar-refractivity contribution in [2.45, 2.75) is 24.7 Å². The Morgan fingerprint density at radius 1 is 1.08 bits per heavy atom. The molecule has 5 heteroatoms. The SMILES string of the molecule is CCCCN(C(=O)CSc1ccc2c(c1)OCCO2)c1ccccc1. The molecule has 0 aromatic heterocycles. The largest absolute Gasteiger partial charge is 0.486 e. The second-order valence-electron chi connectivity index (χ2n) is 5.83. The first-order valence-electron chi connectivity index (χ1n) is 8.66. The lowest BCUT2D eigenvalue weighted by atomic mass is 10.2. The number of carbonyl (C=O) groups excluding carboxylic acids is 1. The van der Waals surface area contributed by atoms with Crippen molar-refractivity contribution in [1.29, 1.82) is 0 Å². The van der Waals surface area contributed by atoms with Gasteiger partial charge in [-0.1, -0.05) is 31.5 Å². The van der Waals surface area contributed by atoms with E-state index in [9.17, 15) is 4.79 Å². The number of ether oxygens (including phenoxy) is 2. The summed E-state index contributed by atoms with van der Waals surface area (Å²) in [5.74, 6) is 2.06. The van der Waals surface area contributed by atoms with Crippen molar-refractivity contribution in [3.8, 4) is 11.5 Å². The van der Waals surface area contributed by atoms with Gasteiger partial charge < -0.3 is 14.4 Å². The zero-order valence-corrected chi connectivity index (χ0v) is 15.3. The first-order chi connectivity index (χ1) is 12.3. The highest BCUT2D eigenvalue weighted by molar-refractivity contribution is 8.00. The van der Waals surface area contributed by atoms with Crippen molar-refractivity contribution < 1.29 is 14.3 Å². The minimum Gasteiger partial charge on any atom is -0.486 e. The van der Waals surface area contributed by atoms with Crippen LogP contribution in [0.1, 0.15) is 19.8 Å². The number of carbonyl (C=O) groups is 1. The van der Waals surface area contributed by atoms with Crippen LogP contribution in [0.2, 0.25) is 0 Å². The molecule has 0 bridgehead atoms. The van der Waals surface area contributed by atoms with E-state index in [1.54, 1.807) is 0 Å². The van der Waals surface area contributed by atoms with E-state index in [0.717, 1.165) is 41.5 Å². The third-order valence-electron chi connectivity index (χ3n) is 3.98. The molecule has 0 saturated carbocycles. The van der Waals surface area contributed by atoms with Crippen LogP contribution >= 0.6 is 11.8 Å². The van der Waals surface area contributed by atoms with E-state index < -0.39 is 0 Å². The Hall–Kier alpha value is -2.14. The molecule has 1 aliphatic heterocycles. The summed E-state index contributed by atoms with van der Waals surface area (Å²) in [6, 6.07) is 15.7. The fourth-order valence-corrected chi connectivity index (χ4v) is 3.46. The van der Waals surface area contributed by atoms with E-state index in [1.165, 1.54) is 11.8 Å². The number of amides is 1. The van der Waals surface area contributed by atoms with E-state index >= 15 is 0 Å². The van der Waals surface area contributed by atoms with Crippen LogP contribution in [0.15, 0.2) is 53.4 Å². The van der Waals surface area contributed by atoms with Crippen LogP contribution < -0.4 is 14.4 Å². The van der Waals surface area contributed by atoms with Crippen molar-refractivity contribution in [2.24, 2.45) is 0 Å². The quantitative estimate of drug-likeness (QED) is 0.689. The Bertz CT molecular complexity index is 705. The van der Waals surface area contributed by atoms with Gasteiger partial charge in [0, 0.05) is 17.1 Å². The van der Waals surface area contributed by atoms with Gasteiger partial charge in [-0.3, -0.25) is 4.79 Å². The number of hydrogen-bond donors (Lipinski definition) is 0. The molecule has 2 aromatic rings. The molecule has 0 saturated heterocycles. The first kappa shape index (κ1) is 17.7. The summed E-state index contributed by atoms with van der Waals surface area (Å²) in [7, 11) is 0. The number of nitrogens with zero attached hydrogens (tertiary/aromatic N) is 1. The van der Waals surface area contributed by atoms with E-state index in [0.29, 0.717) is 19.0 Å². The van der Waals surface area contributed by atoms with Gasteiger partial charge >= 0.3 is 0 Å². The monoisotopic (exact) mass is 357 g/mol. The molecule has 0 unspecified atom stereocenters. The molecule has 0 atom stereocenters. The smallest absolute Gasteiger partial charge is 0.237 e. The molecule has 0 spiro atoms. The van der Waals surface area contributed by atoms with E-state index in [1.807, 2.05) is 53.4 Å². The summed E-state index contributed by atoms with van der Waals surface area (Å²) < 4.78 is 11.1. The summed E-state index contributed by atoms with van der Waals surface area (Å²) in [5, 5.41) is 0. The fourth-order valence-electron chi connectivity index (χ4n) is 2.66. The molecule has 3 rings (SSSR count). The zero-order valence-electron chi connectivity index (χ0n) is 14.4. The lowest BCUT2D eigenvalue weighted by molar-refractivity contribution is -0.116. The molecule has 132 valence electrons. The van der Waals surface area contributed by atoms with Crippen LogP contribution in [0.5, 0.6) is 11.5 Å². The number of para-hydroxylation sites is 1. The highest BCUT2D eigenvalue weighted by Gasteiger charge is 2.17. The van der Waals surface area contributed by atoms with Gasteiger partial charge in [0.1, 0.15) is 13.2 Å². The van der Waals surface area contributed by atoms with Gasteiger partial charge in [0.2, 0.25) is 5.91 Å². The fraction of sp³-hybridized carbons (Fsp3) is 0.350. The molecule has 1 amide bonds. The third kappa shape index (κ3) is 4.69. The minimum absolute atomic E-state index is 0.125. The summed E-state index contributed by atoms with van der Waals surface area (Å²) in [5.41, 5.74) is 0.962. The summed E-state index contributed by atoms with van der Waals surface area (Å²) in [6.07, 6.45) is 2.06. The van der Waals surface area contributed by atoms with E-state index in [4.69, 9.17) is 9.47 Å². The summed E-state index contributed by atoms with van der Waals surface area (Å²) in [4.78, 5) is 15.7. The Kier molecular flexibility index (Phi) is 6.23. The van der Waals surface area contributed by atoms with Crippen molar-refractivity contribution in [3.05, 3.63) is 48.5 Å². The lowest BCUT2D eigenvalue weighted by Gasteiger charge is -2.23. The second-order valence-corrected chi connectivity index (χ2v) is 6.88. The average molecular weight is 357 g/mol. The molecule has 0 fully saturated rings. The molecule has 4 nitrogen and oxygen atoms in total. The maximum Gasteiger partial charge on any atom is 0.237 e. The molecular formula is C20H23NO3S. The number of anilines is 1. The molecular weight excluding hydrogens is 334 g/mol. The Morgan fingerprint density at radius 2 is 1.84 bits per heavy atom. The van der Waals surface area contributed by atoms with Crippen molar-refractivity contribution >= 4 is 23.4 Å². The van der Waals surface area contributed by atoms with E-state index in [2.05, 4.69) is 6.92 Å². The Balaban J connectivity index is 1.65. The van der Waals surface area contributed by atoms with Gasteiger partial charge in [-0.05, 0) is 36.8 Å². The van der Waals surface area contributed by atoms with Crippen LogP contribution in [0, 0.1) is 0 Å². The molecule has 2 aromatic carbocycles. The lowest BCUT2D eigenvalue weighted by Crippen LogP contribution is -2.33. The molecule has 1 aliphatic rings. The highest BCUT2D eigenvalue weighted by atomic mass is 32.2. The van der Waals surface area contributed by atoms with Crippen molar-refractivity contribution in [2.75, 3.05) is 30.4 Å². The zero-order chi connectivity index (χ0) is 17.5. The predicted octanol–water partition coefficient (Wildman–Crippen LogP) is 4.38.